The van der Waals surface area contributed by atoms with Crippen molar-refractivity contribution in [3.63, 3.8) is 0 Å². The monoisotopic (exact) mass is 262 g/mol. The highest BCUT2D eigenvalue weighted by molar-refractivity contribution is 7.99. The summed E-state index contributed by atoms with van der Waals surface area (Å²) in [5.41, 5.74) is 0. The SMILES string of the molecule is SCCC1OCCC1SCCC1CCOC1. The van der Waals surface area contributed by atoms with Crippen molar-refractivity contribution in [3.05, 3.63) is 0 Å². The molecule has 0 amide bonds. The molecule has 2 heterocycles. The van der Waals surface area contributed by atoms with Gasteiger partial charge in [0, 0.05) is 25.1 Å². The molecular weight excluding hydrogens is 240 g/mol. The molecule has 2 nitrogen and oxygen atoms in total. The van der Waals surface area contributed by atoms with Crippen LogP contribution < -0.4 is 0 Å². The number of thioether (sulfide) groups is 1. The Labute approximate surface area is 108 Å². The molecule has 2 rings (SSSR count). The molecule has 0 bridgehead atoms. The maximum Gasteiger partial charge on any atom is 0.0702 e. The summed E-state index contributed by atoms with van der Waals surface area (Å²) in [6, 6.07) is 0. The van der Waals surface area contributed by atoms with Gasteiger partial charge in [-0.05, 0) is 43.1 Å². The Kier molecular flexibility index (Phi) is 5.83. The van der Waals surface area contributed by atoms with Gasteiger partial charge >= 0.3 is 0 Å². The molecule has 0 saturated carbocycles. The third kappa shape index (κ3) is 3.83. The highest BCUT2D eigenvalue weighted by Gasteiger charge is 2.28. The standard InChI is InChI=1S/C12H22O2S2/c15-7-3-11-12(2-6-14-11)16-8-4-10-1-5-13-9-10/h10-12,15H,1-9H2. The van der Waals surface area contributed by atoms with Crippen LogP contribution in [0.4, 0.5) is 0 Å². The summed E-state index contributed by atoms with van der Waals surface area (Å²) in [6.07, 6.45) is 5.37. The smallest absolute Gasteiger partial charge is 0.0702 e. The van der Waals surface area contributed by atoms with Crippen molar-refractivity contribution >= 4 is 24.4 Å². The second kappa shape index (κ2) is 7.14. The van der Waals surface area contributed by atoms with E-state index >= 15 is 0 Å². The van der Waals surface area contributed by atoms with Gasteiger partial charge in [-0.15, -0.1) is 0 Å². The van der Waals surface area contributed by atoms with Crippen LogP contribution in [0.2, 0.25) is 0 Å². The summed E-state index contributed by atoms with van der Waals surface area (Å²) in [7, 11) is 0. The lowest BCUT2D eigenvalue weighted by Crippen LogP contribution is -2.19. The fourth-order valence-electron chi connectivity index (χ4n) is 2.41. The molecule has 3 atom stereocenters. The van der Waals surface area contributed by atoms with Gasteiger partial charge in [0.1, 0.15) is 0 Å². The predicted octanol–water partition coefficient (Wildman–Crippen LogP) is 2.62. The van der Waals surface area contributed by atoms with E-state index in [-0.39, 0.29) is 0 Å². The summed E-state index contributed by atoms with van der Waals surface area (Å²) in [4.78, 5) is 0. The van der Waals surface area contributed by atoms with Gasteiger partial charge in [0.25, 0.3) is 0 Å². The molecule has 2 aliphatic rings. The molecule has 4 heteroatoms. The van der Waals surface area contributed by atoms with Gasteiger partial charge < -0.3 is 9.47 Å². The van der Waals surface area contributed by atoms with Crippen molar-refractivity contribution in [2.75, 3.05) is 31.3 Å². The lowest BCUT2D eigenvalue weighted by Gasteiger charge is -2.17. The Hall–Kier alpha value is 0.620. The number of rotatable bonds is 6. The van der Waals surface area contributed by atoms with Gasteiger partial charge in [-0.1, -0.05) is 0 Å². The molecule has 0 aromatic rings. The maximum atomic E-state index is 5.73. The molecule has 3 unspecified atom stereocenters. The van der Waals surface area contributed by atoms with E-state index in [1.165, 1.54) is 25.0 Å². The van der Waals surface area contributed by atoms with Crippen molar-refractivity contribution in [1.29, 1.82) is 0 Å². The minimum atomic E-state index is 0.460. The largest absolute Gasteiger partial charge is 0.381 e. The third-order valence-electron chi connectivity index (χ3n) is 3.44. The van der Waals surface area contributed by atoms with Crippen molar-refractivity contribution in [2.45, 2.75) is 37.0 Å². The first-order valence-corrected chi connectivity index (χ1v) is 8.00. The Balaban J connectivity index is 1.60. The molecule has 0 aromatic carbocycles. The Bertz CT molecular complexity index is 195. The number of hydrogen-bond acceptors (Lipinski definition) is 4. The Morgan fingerprint density at radius 2 is 2.12 bits per heavy atom. The van der Waals surface area contributed by atoms with Crippen LogP contribution in [0.15, 0.2) is 0 Å². The number of ether oxygens (including phenoxy) is 2. The minimum absolute atomic E-state index is 0.460. The van der Waals surface area contributed by atoms with Gasteiger partial charge in [-0.25, -0.2) is 0 Å². The van der Waals surface area contributed by atoms with Crippen LogP contribution in [0.1, 0.15) is 25.7 Å². The Morgan fingerprint density at radius 1 is 1.19 bits per heavy atom. The molecule has 2 fully saturated rings. The predicted molar refractivity (Wildman–Crippen MR) is 72.6 cm³/mol. The molecule has 94 valence electrons. The first kappa shape index (κ1) is 13.1. The van der Waals surface area contributed by atoms with E-state index in [0.717, 1.165) is 43.2 Å². The van der Waals surface area contributed by atoms with Gasteiger partial charge in [-0.2, -0.15) is 24.4 Å². The summed E-state index contributed by atoms with van der Waals surface area (Å²) in [5, 5.41) is 0.717. The molecule has 0 radical (unpaired) electrons. The van der Waals surface area contributed by atoms with Crippen LogP contribution in [-0.4, -0.2) is 42.7 Å². The van der Waals surface area contributed by atoms with Crippen LogP contribution in [-0.2, 0) is 9.47 Å². The molecule has 0 spiro atoms. The molecule has 2 aliphatic heterocycles. The highest BCUT2D eigenvalue weighted by atomic mass is 32.2. The van der Waals surface area contributed by atoms with Crippen LogP contribution >= 0.6 is 24.4 Å². The van der Waals surface area contributed by atoms with Gasteiger partial charge in [0.05, 0.1) is 6.10 Å². The van der Waals surface area contributed by atoms with Gasteiger partial charge in [0.15, 0.2) is 0 Å². The average Bonchev–Trinajstić information content (AvgIpc) is 2.91. The van der Waals surface area contributed by atoms with Gasteiger partial charge in [-0.3, -0.25) is 0 Å². The Morgan fingerprint density at radius 3 is 2.88 bits per heavy atom. The highest BCUT2D eigenvalue weighted by Crippen LogP contribution is 2.30. The molecular formula is C12H22O2S2. The van der Waals surface area contributed by atoms with E-state index in [1.54, 1.807) is 0 Å². The second-order valence-electron chi connectivity index (χ2n) is 4.64. The lowest BCUT2D eigenvalue weighted by molar-refractivity contribution is 0.111. The fraction of sp³-hybridized carbons (Fsp3) is 1.00. The molecule has 0 N–H and O–H groups in total. The minimum Gasteiger partial charge on any atom is -0.381 e. The maximum absolute atomic E-state index is 5.73. The molecule has 16 heavy (non-hydrogen) atoms. The average molecular weight is 262 g/mol. The fourth-order valence-corrected chi connectivity index (χ4v) is 4.13. The van der Waals surface area contributed by atoms with Crippen molar-refractivity contribution < 1.29 is 9.47 Å². The zero-order valence-electron chi connectivity index (χ0n) is 9.77. The second-order valence-corrected chi connectivity index (χ2v) is 6.43. The zero-order valence-corrected chi connectivity index (χ0v) is 11.5. The van der Waals surface area contributed by atoms with Crippen LogP contribution in [0.3, 0.4) is 0 Å². The first-order chi connectivity index (χ1) is 7.90. The molecule has 2 saturated heterocycles. The summed E-state index contributed by atoms with van der Waals surface area (Å²) < 4.78 is 11.1. The quantitative estimate of drug-likeness (QED) is 0.742. The van der Waals surface area contributed by atoms with E-state index in [4.69, 9.17) is 9.47 Å². The lowest BCUT2D eigenvalue weighted by atomic mass is 10.1. The van der Waals surface area contributed by atoms with E-state index < -0.39 is 0 Å². The first-order valence-electron chi connectivity index (χ1n) is 6.32. The zero-order chi connectivity index (χ0) is 11.2. The summed E-state index contributed by atoms with van der Waals surface area (Å²) in [5.74, 6) is 3.03. The normalized spacial score (nSPS) is 34.7. The number of hydrogen-bond donors (Lipinski definition) is 1. The molecule has 0 aliphatic carbocycles. The van der Waals surface area contributed by atoms with Crippen LogP contribution in [0.25, 0.3) is 0 Å². The summed E-state index contributed by atoms with van der Waals surface area (Å²) in [6.45, 7) is 2.91. The van der Waals surface area contributed by atoms with Crippen molar-refractivity contribution in [2.24, 2.45) is 5.92 Å². The van der Waals surface area contributed by atoms with Crippen LogP contribution in [0.5, 0.6) is 0 Å². The van der Waals surface area contributed by atoms with Crippen LogP contribution in [0, 0.1) is 5.92 Å². The van der Waals surface area contributed by atoms with Crippen molar-refractivity contribution in [3.8, 4) is 0 Å². The third-order valence-corrected chi connectivity index (χ3v) is 5.14. The van der Waals surface area contributed by atoms with E-state index in [1.807, 2.05) is 0 Å². The van der Waals surface area contributed by atoms with E-state index in [2.05, 4.69) is 24.4 Å². The topological polar surface area (TPSA) is 18.5 Å². The summed E-state index contributed by atoms with van der Waals surface area (Å²) >= 11 is 6.40. The van der Waals surface area contributed by atoms with E-state index in [9.17, 15) is 0 Å². The van der Waals surface area contributed by atoms with Crippen molar-refractivity contribution in [1.82, 2.24) is 0 Å². The molecule has 0 aromatic heterocycles. The van der Waals surface area contributed by atoms with Gasteiger partial charge in [0.2, 0.25) is 0 Å². The number of thiol groups is 1. The van der Waals surface area contributed by atoms with E-state index in [0.29, 0.717) is 6.10 Å².